The third kappa shape index (κ3) is 2.72. The molecule has 4 heteroatoms. The average molecular weight is 343 g/mol. The molecule has 0 bridgehead atoms. The number of halogens is 1. The molecule has 2 aromatic carbocycles. The van der Waals surface area contributed by atoms with E-state index < -0.39 is 0 Å². The van der Waals surface area contributed by atoms with Gasteiger partial charge in [-0.15, -0.1) is 0 Å². The van der Waals surface area contributed by atoms with Gasteiger partial charge in [0.25, 0.3) is 5.91 Å². The topological polar surface area (TPSA) is 32.3 Å². The summed E-state index contributed by atoms with van der Waals surface area (Å²) in [5.74, 6) is -0.0558. The molecule has 1 aliphatic rings. The molecule has 1 heterocycles. The summed E-state index contributed by atoms with van der Waals surface area (Å²) in [4.78, 5) is 14.2. The Hall–Kier alpha value is -2.07. The number of benzene rings is 2. The molecule has 0 saturated carbocycles. The molecule has 0 saturated heterocycles. The molecule has 0 aliphatic carbocycles. The maximum Gasteiger partial charge on any atom is 0.256 e. The first-order chi connectivity index (χ1) is 10.0. The third-order valence-electron chi connectivity index (χ3n) is 3.49. The molecular formula is C17H15BrN2O. The fraction of sp³-hybridized carbons (Fsp3) is 0.118. The van der Waals surface area contributed by atoms with Crippen molar-refractivity contribution in [3.8, 4) is 0 Å². The van der Waals surface area contributed by atoms with Crippen molar-refractivity contribution >= 4 is 44.9 Å². The molecule has 106 valence electrons. The van der Waals surface area contributed by atoms with E-state index in [0.717, 1.165) is 27.0 Å². The van der Waals surface area contributed by atoms with E-state index in [4.69, 9.17) is 0 Å². The average Bonchev–Trinajstić information content (AvgIpc) is 2.76. The van der Waals surface area contributed by atoms with Crippen molar-refractivity contribution in [2.75, 3.05) is 24.3 Å². The standard InChI is InChI=1S/C17H15BrN2O/c1-20(2)13-6-3-11(4-7-13)9-15-14-10-12(18)5-8-16(14)19-17(15)21/h3-10H,1-2H3,(H,19,21). The number of hydrogen-bond acceptors (Lipinski definition) is 2. The minimum absolute atomic E-state index is 0.0558. The zero-order valence-electron chi connectivity index (χ0n) is 11.9. The van der Waals surface area contributed by atoms with Crippen LogP contribution in [0.4, 0.5) is 11.4 Å². The molecule has 1 N–H and O–H groups in total. The van der Waals surface area contributed by atoms with Crippen LogP contribution in [0, 0.1) is 0 Å². The van der Waals surface area contributed by atoms with Gasteiger partial charge in [0, 0.05) is 41.1 Å². The Labute approximate surface area is 132 Å². The van der Waals surface area contributed by atoms with Crippen molar-refractivity contribution in [2.24, 2.45) is 0 Å². The maximum absolute atomic E-state index is 12.1. The highest BCUT2D eigenvalue weighted by atomic mass is 79.9. The van der Waals surface area contributed by atoms with Crippen LogP contribution >= 0.6 is 15.9 Å². The van der Waals surface area contributed by atoms with Gasteiger partial charge >= 0.3 is 0 Å². The number of hydrogen-bond donors (Lipinski definition) is 1. The highest BCUT2D eigenvalue weighted by Crippen LogP contribution is 2.35. The summed E-state index contributed by atoms with van der Waals surface area (Å²) in [5, 5.41) is 2.89. The molecule has 1 amide bonds. The second-order valence-corrected chi connectivity index (χ2v) is 6.10. The molecule has 0 radical (unpaired) electrons. The van der Waals surface area contributed by atoms with Gasteiger partial charge in [-0.2, -0.15) is 0 Å². The molecular weight excluding hydrogens is 328 g/mol. The lowest BCUT2D eigenvalue weighted by Gasteiger charge is -2.11. The van der Waals surface area contributed by atoms with Crippen molar-refractivity contribution in [1.29, 1.82) is 0 Å². The molecule has 3 nitrogen and oxygen atoms in total. The molecule has 0 unspecified atom stereocenters. The van der Waals surface area contributed by atoms with Crippen LogP contribution in [0.5, 0.6) is 0 Å². The van der Waals surface area contributed by atoms with Crippen LogP contribution < -0.4 is 10.2 Å². The number of nitrogens with zero attached hydrogens (tertiary/aromatic N) is 1. The lowest BCUT2D eigenvalue weighted by molar-refractivity contribution is -0.110. The van der Waals surface area contributed by atoms with Gasteiger partial charge in [0.1, 0.15) is 0 Å². The molecule has 3 rings (SSSR count). The smallest absolute Gasteiger partial charge is 0.256 e. The van der Waals surface area contributed by atoms with Gasteiger partial charge < -0.3 is 10.2 Å². The van der Waals surface area contributed by atoms with E-state index in [1.165, 1.54) is 0 Å². The molecule has 2 aromatic rings. The largest absolute Gasteiger partial charge is 0.378 e. The van der Waals surface area contributed by atoms with E-state index in [9.17, 15) is 4.79 Å². The van der Waals surface area contributed by atoms with Gasteiger partial charge in [0.15, 0.2) is 0 Å². The highest BCUT2D eigenvalue weighted by Gasteiger charge is 2.23. The summed E-state index contributed by atoms with van der Waals surface area (Å²) >= 11 is 3.45. The summed E-state index contributed by atoms with van der Waals surface area (Å²) < 4.78 is 0.964. The quantitative estimate of drug-likeness (QED) is 0.836. The monoisotopic (exact) mass is 342 g/mol. The van der Waals surface area contributed by atoms with E-state index in [2.05, 4.69) is 21.2 Å². The van der Waals surface area contributed by atoms with Gasteiger partial charge in [0.2, 0.25) is 0 Å². The molecule has 0 fully saturated rings. The van der Waals surface area contributed by atoms with E-state index in [1.54, 1.807) is 0 Å². The number of carbonyl (C=O) groups excluding carboxylic acids is 1. The minimum Gasteiger partial charge on any atom is -0.378 e. The number of amides is 1. The molecule has 0 aromatic heterocycles. The summed E-state index contributed by atoms with van der Waals surface area (Å²) in [5.41, 5.74) is 4.64. The Kier molecular flexibility index (Phi) is 3.55. The Morgan fingerprint density at radius 3 is 2.48 bits per heavy atom. The lowest BCUT2D eigenvalue weighted by atomic mass is 10.0. The first-order valence-electron chi connectivity index (χ1n) is 6.65. The normalized spacial score (nSPS) is 15.0. The zero-order chi connectivity index (χ0) is 15.0. The van der Waals surface area contributed by atoms with Crippen LogP contribution in [0.2, 0.25) is 0 Å². The van der Waals surface area contributed by atoms with E-state index in [-0.39, 0.29) is 5.91 Å². The van der Waals surface area contributed by atoms with Gasteiger partial charge in [-0.05, 0) is 42.0 Å². The Balaban J connectivity index is 2.00. The van der Waals surface area contributed by atoms with Crippen molar-refractivity contribution in [1.82, 2.24) is 0 Å². The highest BCUT2D eigenvalue weighted by molar-refractivity contribution is 9.10. The van der Waals surface area contributed by atoms with Crippen molar-refractivity contribution in [2.45, 2.75) is 0 Å². The predicted octanol–water partition coefficient (Wildman–Crippen LogP) is 4.01. The van der Waals surface area contributed by atoms with Crippen LogP contribution in [-0.4, -0.2) is 20.0 Å². The molecule has 0 atom stereocenters. The second-order valence-electron chi connectivity index (χ2n) is 5.19. The number of rotatable bonds is 2. The molecule has 1 aliphatic heterocycles. The van der Waals surface area contributed by atoms with E-state index in [0.29, 0.717) is 5.57 Å². The number of anilines is 2. The van der Waals surface area contributed by atoms with Gasteiger partial charge in [-0.1, -0.05) is 28.1 Å². The van der Waals surface area contributed by atoms with Gasteiger partial charge in [-0.3, -0.25) is 4.79 Å². The Morgan fingerprint density at radius 2 is 1.81 bits per heavy atom. The first-order valence-corrected chi connectivity index (χ1v) is 7.44. The van der Waals surface area contributed by atoms with Crippen LogP contribution in [0.25, 0.3) is 11.6 Å². The van der Waals surface area contributed by atoms with Crippen molar-refractivity contribution in [3.05, 3.63) is 58.1 Å². The fourth-order valence-electron chi connectivity index (χ4n) is 2.34. The Morgan fingerprint density at radius 1 is 1.10 bits per heavy atom. The Bertz CT molecular complexity index is 733. The van der Waals surface area contributed by atoms with E-state index in [1.807, 2.05) is 67.5 Å². The molecule has 0 spiro atoms. The SMILES string of the molecule is CN(C)c1ccc(C=C2C(=O)Nc3ccc(Br)cc32)cc1. The first kappa shape index (κ1) is 13.9. The maximum atomic E-state index is 12.1. The van der Waals surface area contributed by atoms with Gasteiger partial charge in [-0.25, -0.2) is 0 Å². The minimum atomic E-state index is -0.0558. The van der Waals surface area contributed by atoms with Crippen LogP contribution in [0.15, 0.2) is 46.9 Å². The lowest BCUT2D eigenvalue weighted by Crippen LogP contribution is -2.08. The fourth-order valence-corrected chi connectivity index (χ4v) is 2.70. The van der Waals surface area contributed by atoms with E-state index >= 15 is 0 Å². The van der Waals surface area contributed by atoms with Crippen molar-refractivity contribution < 1.29 is 4.79 Å². The van der Waals surface area contributed by atoms with Crippen LogP contribution in [0.3, 0.4) is 0 Å². The summed E-state index contributed by atoms with van der Waals surface area (Å²) in [6.45, 7) is 0. The second kappa shape index (κ2) is 5.37. The van der Waals surface area contributed by atoms with Gasteiger partial charge in [0.05, 0.1) is 0 Å². The number of carbonyl (C=O) groups is 1. The van der Waals surface area contributed by atoms with Crippen LogP contribution in [0.1, 0.15) is 11.1 Å². The van der Waals surface area contributed by atoms with Crippen molar-refractivity contribution in [3.63, 3.8) is 0 Å². The zero-order valence-corrected chi connectivity index (χ0v) is 13.4. The van der Waals surface area contributed by atoms with Crippen LogP contribution in [-0.2, 0) is 4.79 Å². The predicted molar refractivity (Wildman–Crippen MR) is 91.4 cm³/mol. The molecule has 21 heavy (non-hydrogen) atoms. The summed E-state index contributed by atoms with van der Waals surface area (Å²) in [6, 6.07) is 13.9. The third-order valence-corrected chi connectivity index (χ3v) is 3.98. The number of fused-ring (bicyclic) bond motifs is 1. The number of nitrogens with one attached hydrogen (secondary N) is 1. The summed E-state index contributed by atoms with van der Waals surface area (Å²) in [6.07, 6.45) is 1.92. The summed E-state index contributed by atoms with van der Waals surface area (Å²) in [7, 11) is 4.01.